The van der Waals surface area contributed by atoms with Crippen LogP contribution in [0.15, 0.2) is 30.3 Å². The number of likely N-dealkylation sites (N-methyl/N-ethyl adjacent to an activating group) is 1. The number of amides is 1. The highest BCUT2D eigenvalue weighted by Gasteiger charge is 2.23. The maximum Gasteiger partial charge on any atom is 0.228 e. The molecule has 1 amide bonds. The first-order chi connectivity index (χ1) is 11.2. The van der Waals surface area contributed by atoms with Gasteiger partial charge in [0.2, 0.25) is 5.91 Å². The first-order valence-corrected chi connectivity index (χ1v) is 8.10. The van der Waals surface area contributed by atoms with Gasteiger partial charge >= 0.3 is 0 Å². The SMILES string of the molecule is Cc1c(CC(=O)N(C)C2CCNCC2)nnn1-c1ccccc1.Cl. The molecule has 1 aliphatic rings. The molecule has 0 spiro atoms. The monoisotopic (exact) mass is 349 g/mol. The molecule has 0 aliphatic carbocycles. The first kappa shape index (κ1) is 18.4. The molecular formula is C17H24ClN5O. The fourth-order valence-electron chi connectivity index (χ4n) is 3.00. The van der Waals surface area contributed by atoms with Crippen LogP contribution in [0.4, 0.5) is 0 Å². The summed E-state index contributed by atoms with van der Waals surface area (Å²) in [6.07, 6.45) is 2.33. The van der Waals surface area contributed by atoms with Gasteiger partial charge in [-0.2, -0.15) is 0 Å². The number of nitrogens with one attached hydrogen (secondary N) is 1. The minimum absolute atomic E-state index is 0. The second-order valence-electron chi connectivity index (χ2n) is 6.03. The van der Waals surface area contributed by atoms with Gasteiger partial charge in [-0.1, -0.05) is 23.4 Å². The molecule has 7 heteroatoms. The number of carbonyl (C=O) groups excluding carboxylic acids is 1. The van der Waals surface area contributed by atoms with E-state index in [4.69, 9.17) is 0 Å². The van der Waals surface area contributed by atoms with Crippen molar-refractivity contribution in [3.05, 3.63) is 41.7 Å². The van der Waals surface area contributed by atoms with E-state index < -0.39 is 0 Å². The molecule has 0 radical (unpaired) electrons. The zero-order valence-corrected chi connectivity index (χ0v) is 14.9. The number of rotatable bonds is 4. The topological polar surface area (TPSA) is 63.1 Å². The zero-order chi connectivity index (χ0) is 16.2. The summed E-state index contributed by atoms with van der Waals surface area (Å²) in [4.78, 5) is 14.4. The van der Waals surface area contributed by atoms with Gasteiger partial charge in [-0.05, 0) is 45.0 Å². The van der Waals surface area contributed by atoms with E-state index >= 15 is 0 Å². The Labute approximate surface area is 148 Å². The molecule has 1 aromatic carbocycles. The Hall–Kier alpha value is -1.92. The van der Waals surface area contributed by atoms with Gasteiger partial charge in [0.15, 0.2) is 0 Å². The van der Waals surface area contributed by atoms with Crippen LogP contribution in [-0.4, -0.2) is 52.0 Å². The second-order valence-corrected chi connectivity index (χ2v) is 6.03. The van der Waals surface area contributed by atoms with E-state index in [1.807, 2.05) is 49.2 Å². The predicted molar refractivity (Wildman–Crippen MR) is 95.7 cm³/mol. The molecule has 1 fully saturated rings. The van der Waals surface area contributed by atoms with E-state index in [9.17, 15) is 4.79 Å². The number of piperidine rings is 1. The van der Waals surface area contributed by atoms with Gasteiger partial charge < -0.3 is 10.2 Å². The first-order valence-electron chi connectivity index (χ1n) is 8.10. The maximum absolute atomic E-state index is 12.5. The molecule has 0 atom stereocenters. The number of aromatic nitrogens is 3. The highest BCUT2D eigenvalue weighted by Crippen LogP contribution is 2.15. The van der Waals surface area contributed by atoms with Crippen LogP contribution in [0, 0.1) is 6.92 Å². The minimum atomic E-state index is 0. The summed E-state index contributed by atoms with van der Waals surface area (Å²) in [6.45, 7) is 3.91. The van der Waals surface area contributed by atoms with E-state index in [1.54, 1.807) is 4.68 Å². The van der Waals surface area contributed by atoms with Gasteiger partial charge in [0.05, 0.1) is 23.5 Å². The highest BCUT2D eigenvalue weighted by atomic mass is 35.5. The largest absolute Gasteiger partial charge is 0.342 e. The van der Waals surface area contributed by atoms with Gasteiger partial charge in [0, 0.05) is 13.1 Å². The van der Waals surface area contributed by atoms with Crippen LogP contribution in [0.2, 0.25) is 0 Å². The normalized spacial score (nSPS) is 14.9. The smallest absolute Gasteiger partial charge is 0.228 e. The third-order valence-electron chi connectivity index (χ3n) is 4.56. The van der Waals surface area contributed by atoms with Crippen molar-refractivity contribution in [3.63, 3.8) is 0 Å². The van der Waals surface area contributed by atoms with E-state index in [-0.39, 0.29) is 18.3 Å². The fourth-order valence-corrected chi connectivity index (χ4v) is 3.00. The van der Waals surface area contributed by atoms with Crippen LogP contribution in [0.25, 0.3) is 5.69 Å². The summed E-state index contributed by atoms with van der Waals surface area (Å²) in [5, 5.41) is 11.7. The molecular weight excluding hydrogens is 326 g/mol. The van der Waals surface area contributed by atoms with Crippen LogP contribution in [0.1, 0.15) is 24.2 Å². The van der Waals surface area contributed by atoms with Crippen molar-refractivity contribution in [3.8, 4) is 5.69 Å². The Kier molecular flexibility index (Phi) is 6.34. The summed E-state index contributed by atoms with van der Waals surface area (Å²) >= 11 is 0. The third kappa shape index (κ3) is 3.94. The van der Waals surface area contributed by atoms with Crippen molar-refractivity contribution in [1.82, 2.24) is 25.2 Å². The molecule has 130 valence electrons. The molecule has 1 saturated heterocycles. The Balaban J connectivity index is 0.00000208. The lowest BCUT2D eigenvalue weighted by atomic mass is 10.0. The lowest BCUT2D eigenvalue weighted by Crippen LogP contribution is -2.44. The number of para-hydroxylation sites is 1. The lowest BCUT2D eigenvalue weighted by Gasteiger charge is -2.31. The van der Waals surface area contributed by atoms with Gasteiger partial charge in [0.25, 0.3) is 0 Å². The van der Waals surface area contributed by atoms with Crippen LogP contribution in [-0.2, 0) is 11.2 Å². The van der Waals surface area contributed by atoms with Crippen molar-refractivity contribution < 1.29 is 4.79 Å². The average Bonchev–Trinajstić information content (AvgIpc) is 2.96. The van der Waals surface area contributed by atoms with Crippen LogP contribution in [0.3, 0.4) is 0 Å². The van der Waals surface area contributed by atoms with Gasteiger partial charge in [-0.15, -0.1) is 17.5 Å². The average molecular weight is 350 g/mol. The number of halogens is 1. The van der Waals surface area contributed by atoms with E-state index in [2.05, 4.69) is 15.6 Å². The molecule has 24 heavy (non-hydrogen) atoms. The van der Waals surface area contributed by atoms with Gasteiger partial charge in [-0.3, -0.25) is 4.79 Å². The fraction of sp³-hybridized carbons (Fsp3) is 0.471. The molecule has 0 saturated carbocycles. The van der Waals surface area contributed by atoms with Crippen molar-refractivity contribution in [1.29, 1.82) is 0 Å². The minimum Gasteiger partial charge on any atom is -0.342 e. The van der Waals surface area contributed by atoms with E-state index in [0.717, 1.165) is 43.0 Å². The number of carbonyl (C=O) groups is 1. The summed E-state index contributed by atoms with van der Waals surface area (Å²) in [6, 6.07) is 10.2. The highest BCUT2D eigenvalue weighted by molar-refractivity contribution is 5.85. The standard InChI is InChI=1S/C17H23N5O.ClH/c1-13-16(19-20-22(13)15-6-4-3-5-7-15)12-17(23)21(2)14-8-10-18-11-9-14;/h3-7,14,18H,8-12H2,1-2H3;1H. The zero-order valence-electron chi connectivity index (χ0n) is 14.1. The quantitative estimate of drug-likeness (QED) is 0.913. The van der Waals surface area contributed by atoms with Crippen LogP contribution >= 0.6 is 12.4 Å². The van der Waals surface area contributed by atoms with Crippen molar-refractivity contribution in [2.24, 2.45) is 0 Å². The molecule has 3 rings (SSSR count). The third-order valence-corrected chi connectivity index (χ3v) is 4.56. The summed E-state index contributed by atoms with van der Waals surface area (Å²) in [7, 11) is 1.90. The van der Waals surface area contributed by atoms with Gasteiger partial charge in [0.1, 0.15) is 0 Å². The second kappa shape index (κ2) is 8.26. The molecule has 2 heterocycles. The Bertz CT molecular complexity index is 667. The summed E-state index contributed by atoms with van der Waals surface area (Å²) in [5.41, 5.74) is 2.63. The molecule has 6 nitrogen and oxygen atoms in total. The van der Waals surface area contributed by atoms with Crippen molar-refractivity contribution in [2.45, 2.75) is 32.2 Å². The summed E-state index contributed by atoms with van der Waals surface area (Å²) in [5.74, 6) is 0.111. The Morgan fingerprint density at radius 2 is 1.96 bits per heavy atom. The van der Waals surface area contributed by atoms with Crippen LogP contribution < -0.4 is 5.32 Å². The van der Waals surface area contributed by atoms with Gasteiger partial charge in [-0.25, -0.2) is 4.68 Å². The lowest BCUT2D eigenvalue weighted by molar-refractivity contribution is -0.131. The Morgan fingerprint density at radius 1 is 1.29 bits per heavy atom. The summed E-state index contributed by atoms with van der Waals surface area (Å²) < 4.78 is 1.78. The van der Waals surface area contributed by atoms with Crippen molar-refractivity contribution in [2.75, 3.05) is 20.1 Å². The molecule has 1 aromatic heterocycles. The molecule has 1 aliphatic heterocycles. The number of hydrogen-bond donors (Lipinski definition) is 1. The number of benzene rings is 1. The van der Waals surface area contributed by atoms with Crippen LogP contribution in [0.5, 0.6) is 0 Å². The van der Waals surface area contributed by atoms with Crippen molar-refractivity contribution >= 4 is 18.3 Å². The molecule has 0 unspecified atom stereocenters. The predicted octanol–water partition coefficient (Wildman–Crippen LogP) is 1.75. The molecule has 1 N–H and O–H groups in total. The number of nitrogens with zero attached hydrogens (tertiary/aromatic N) is 4. The maximum atomic E-state index is 12.5. The number of hydrogen-bond acceptors (Lipinski definition) is 4. The molecule has 0 bridgehead atoms. The van der Waals surface area contributed by atoms with E-state index in [1.165, 1.54) is 0 Å². The molecule has 2 aromatic rings. The van der Waals surface area contributed by atoms with E-state index in [0.29, 0.717) is 12.5 Å². The Morgan fingerprint density at radius 3 is 2.62 bits per heavy atom.